The highest BCUT2D eigenvalue weighted by Gasteiger charge is 2.23. The second kappa shape index (κ2) is 5.72. The van der Waals surface area contributed by atoms with E-state index in [0.717, 1.165) is 0 Å². The fourth-order valence-electron chi connectivity index (χ4n) is 1.99. The first-order valence-electron chi connectivity index (χ1n) is 5.97. The van der Waals surface area contributed by atoms with Crippen LogP contribution in [0.1, 0.15) is 29.7 Å². The van der Waals surface area contributed by atoms with E-state index in [9.17, 15) is 8.78 Å². The van der Waals surface area contributed by atoms with Gasteiger partial charge in [0, 0.05) is 11.1 Å². The number of nitrogens with one attached hydrogen (secondary N) is 1. The molecule has 0 saturated carbocycles. The number of aryl methyl sites for hydroxylation is 1. The molecule has 2 rings (SSSR count). The number of benzene rings is 1. The molecule has 2 aromatic rings. The van der Waals surface area contributed by atoms with Gasteiger partial charge in [-0.2, -0.15) is 0 Å². The van der Waals surface area contributed by atoms with Crippen LogP contribution in [0.4, 0.5) is 8.78 Å². The van der Waals surface area contributed by atoms with Crippen molar-refractivity contribution < 1.29 is 13.2 Å². The van der Waals surface area contributed by atoms with E-state index in [1.54, 1.807) is 18.2 Å². The third-order valence-corrected chi connectivity index (χ3v) is 3.29. The van der Waals surface area contributed by atoms with Gasteiger partial charge in [0.25, 0.3) is 0 Å². The Bertz CT molecular complexity index is 583. The molecule has 0 aliphatic carbocycles. The Hall–Kier alpha value is -1.39. The predicted octanol–water partition coefficient (Wildman–Crippen LogP) is 4.22. The van der Waals surface area contributed by atoms with Crippen LogP contribution in [0.25, 0.3) is 0 Å². The second-order valence-electron chi connectivity index (χ2n) is 4.24. The lowest BCUT2D eigenvalue weighted by molar-refractivity contribution is 0.477. The van der Waals surface area contributed by atoms with Crippen molar-refractivity contribution in [1.82, 2.24) is 5.32 Å². The number of halogens is 3. The third kappa shape index (κ3) is 2.65. The lowest BCUT2D eigenvalue weighted by atomic mass is 9.99. The zero-order valence-corrected chi connectivity index (χ0v) is 11.4. The van der Waals surface area contributed by atoms with Crippen LogP contribution in [0, 0.1) is 18.6 Å². The average Bonchev–Trinajstić information content (AvgIpc) is 2.80. The maximum absolute atomic E-state index is 14.1. The first-order chi connectivity index (χ1) is 9.06. The number of hydrogen-bond donors (Lipinski definition) is 1. The Morgan fingerprint density at radius 3 is 2.53 bits per heavy atom. The Morgan fingerprint density at radius 1 is 1.21 bits per heavy atom. The summed E-state index contributed by atoms with van der Waals surface area (Å²) in [6.45, 7) is 3.99. The smallest absolute Gasteiger partial charge is 0.198 e. The molecule has 1 aromatic heterocycles. The van der Waals surface area contributed by atoms with Gasteiger partial charge in [-0.15, -0.1) is 0 Å². The molecule has 1 N–H and O–H groups in total. The quantitative estimate of drug-likeness (QED) is 0.910. The number of furan rings is 1. The van der Waals surface area contributed by atoms with Gasteiger partial charge in [-0.1, -0.05) is 19.1 Å². The summed E-state index contributed by atoms with van der Waals surface area (Å²) in [6.07, 6.45) is 1.42. The summed E-state index contributed by atoms with van der Waals surface area (Å²) in [5, 5.41) is 3.25. The summed E-state index contributed by atoms with van der Waals surface area (Å²) in [5.74, 6) is -1.69. The zero-order valence-electron chi connectivity index (χ0n) is 10.6. The fourth-order valence-corrected chi connectivity index (χ4v) is 2.21. The second-order valence-corrected chi connectivity index (χ2v) is 4.58. The Labute approximate surface area is 115 Å². The first-order valence-corrected chi connectivity index (χ1v) is 6.34. The first kappa shape index (κ1) is 14.0. The Balaban J connectivity index is 2.52. The van der Waals surface area contributed by atoms with E-state index in [-0.39, 0.29) is 16.3 Å². The van der Waals surface area contributed by atoms with Gasteiger partial charge in [0.2, 0.25) is 0 Å². The van der Waals surface area contributed by atoms with Crippen molar-refractivity contribution in [3.05, 3.63) is 58.0 Å². The summed E-state index contributed by atoms with van der Waals surface area (Å²) in [4.78, 5) is 0. The molecule has 5 heteroatoms. The molecule has 0 radical (unpaired) electrons. The van der Waals surface area contributed by atoms with Crippen molar-refractivity contribution in [1.29, 1.82) is 0 Å². The van der Waals surface area contributed by atoms with Gasteiger partial charge in [0.15, 0.2) is 16.9 Å². The zero-order chi connectivity index (χ0) is 14.0. The molecular weight excluding hydrogens is 272 g/mol. The van der Waals surface area contributed by atoms with Crippen molar-refractivity contribution >= 4 is 11.6 Å². The molecule has 0 amide bonds. The van der Waals surface area contributed by atoms with Gasteiger partial charge in [0.1, 0.15) is 0 Å². The molecule has 0 bridgehead atoms. The van der Waals surface area contributed by atoms with E-state index in [2.05, 4.69) is 5.32 Å². The molecule has 1 aromatic carbocycles. The van der Waals surface area contributed by atoms with Gasteiger partial charge < -0.3 is 9.73 Å². The topological polar surface area (TPSA) is 25.2 Å². The predicted molar refractivity (Wildman–Crippen MR) is 70.3 cm³/mol. The van der Waals surface area contributed by atoms with Crippen LogP contribution in [0.2, 0.25) is 5.22 Å². The molecular formula is C14H14ClF2NO. The van der Waals surface area contributed by atoms with Gasteiger partial charge in [-0.05, 0) is 36.7 Å². The highest BCUT2D eigenvalue weighted by Crippen LogP contribution is 2.31. The molecule has 1 unspecified atom stereocenters. The van der Waals surface area contributed by atoms with Gasteiger partial charge >= 0.3 is 0 Å². The van der Waals surface area contributed by atoms with Gasteiger partial charge in [-0.3, -0.25) is 0 Å². The van der Waals surface area contributed by atoms with Crippen LogP contribution in [0.5, 0.6) is 0 Å². The van der Waals surface area contributed by atoms with Gasteiger partial charge in [-0.25, -0.2) is 8.78 Å². The van der Waals surface area contributed by atoms with Crippen LogP contribution in [-0.4, -0.2) is 6.54 Å². The van der Waals surface area contributed by atoms with Crippen molar-refractivity contribution in [2.24, 2.45) is 0 Å². The molecule has 1 atom stereocenters. The molecule has 19 heavy (non-hydrogen) atoms. The Kier molecular flexibility index (Phi) is 4.22. The van der Waals surface area contributed by atoms with Crippen molar-refractivity contribution in [3.63, 3.8) is 0 Å². The molecule has 1 heterocycles. The fraction of sp³-hybridized carbons (Fsp3) is 0.286. The summed E-state index contributed by atoms with van der Waals surface area (Å²) in [6, 6.07) is 4.22. The number of rotatable bonds is 4. The van der Waals surface area contributed by atoms with Crippen LogP contribution >= 0.6 is 11.6 Å². The standard InChI is InChI=1S/C14H14ClF2NO/c1-3-18-13(10-6-7-19-14(10)15)9-5-4-8(2)11(16)12(9)17/h4-7,13,18H,3H2,1-2H3. The average molecular weight is 286 g/mol. The summed E-state index contributed by atoms with van der Waals surface area (Å²) in [5.41, 5.74) is 1.08. The van der Waals surface area contributed by atoms with Crippen molar-refractivity contribution in [2.75, 3.05) is 6.54 Å². The van der Waals surface area contributed by atoms with E-state index >= 15 is 0 Å². The maximum atomic E-state index is 14.1. The van der Waals surface area contributed by atoms with E-state index in [0.29, 0.717) is 12.1 Å². The van der Waals surface area contributed by atoms with E-state index in [1.807, 2.05) is 6.92 Å². The monoisotopic (exact) mass is 285 g/mol. The van der Waals surface area contributed by atoms with Crippen LogP contribution in [0.15, 0.2) is 28.9 Å². The van der Waals surface area contributed by atoms with Crippen molar-refractivity contribution in [3.8, 4) is 0 Å². The van der Waals surface area contributed by atoms with Crippen LogP contribution in [0.3, 0.4) is 0 Å². The number of hydrogen-bond acceptors (Lipinski definition) is 2. The summed E-state index contributed by atoms with van der Waals surface area (Å²) < 4.78 is 32.8. The molecule has 2 nitrogen and oxygen atoms in total. The highest BCUT2D eigenvalue weighted by atomic mass is 35.5. The SMILES string of the molecule is CCNC(c1ccoc1Cl)c1ccc(C)c(F)c1F. The Morgan fingerprint density at radius 2 is 1.95 bits per heavy atom. The summed E-state index contributed by atoms with van der Waals surface area (Å²) >= 11 is 5.92. The molecule has 0 spiro atoms. The minimum absolute atomic E-state index is 0.173. The minimum atomic E-state index is -0.858. The molecule has 0 aliphatic rings. The van der Waals surface area contributed by atoms with Crippen molar-refractivity contribution in [2.45, 2.75) is 19.9 Å². The summed E-state index contributed by atoms with van der Waals surface area (Å²) in [7, 11) is 0. The molecule has 0 saturated heterocycles. The van der Waals surface area contributed by atoms with Gasteiger partial charge in [0.05, 0.1) is 12.3 Å². The van der Waals surface area contributed by atoms with E-state index < -0.39 is 17.7 Å². The van der Waals surface area contributed by atoms with E-state index in [1.165, 1.54) is 13.2 Å². The lowest BCUT2D eigenvalue weighted by Crippen LogP contribution is -2.23. The largest absolute Gasteiger partial charge is 0.453 e. The van der Waals surface area contributed by atoms with E-state index in [4.69, 9.17) is 16.0 Å². The molecule has 0 fully saturated rings. The third-order valence-electron chi connectivity index (χ3n) is 2.98. The molecule has 0 aliphatic heterocycles. The van der Waals surface area contributed by atoms with Crippen LogP contribution < -0.4 is 5.32 Å². The van der Waals surface area contributed by atoms with Crippen LogP contribution in [-0.2, 0) is 0 Å². The molecule has 102 valence electrons. The highest BCUT2D eigenvalue weighted by molar-refractivity contribution is 6.29. The maximum Gasteiger partial charge on any atom is 0.198 e. The minimum Gasteiger partial charge on any atom is -0.453 e. The normalized spacial score (nSPS) is 12.7. The lowest BCUT2D eigenvalue weighted by Gasteiger charge is -2.18.